The molecule has 96 valence electrons. The third-order valence-corrected chi connectivity index (χ3v) is 4.97. The van der Waals surface area contributed by atoms with Crippen molar-refractivity contribution < 1.29 is 0 Å². The van der Waals surface area contributed by atoms with E-state index in [-0.39, 0.29) is 0 Å². The second-order valence-electron chi connectivity index (χ2n) is 4.70. The van der Waals surface area contributed by atoms with E-state index >= 15 is 0 Å². The molecule has 5 heteroatoms. The van der Waals surface area contributed by atoms with E-state index in [1.54, 1.807) is 6.20 Å². The normalized spacial score (nSPS) is 18.0. The van der Waals surface area contributed by atoms with Crippen LogP contribution < -0.4 is 5.32 Å². The lowest BCUT2D eigenvalue weighted by molar-refractivity contribution is 0.411. The van der Waals surface area contributed by atoms with Crippen molar-refractivity contribution >= 4 is 17.6 Å². The van der Waals surface area contributed by atoms with Gasteiger partial charge in [0.05, 0.1) is 12.4 Å². The highest BCUT2D eigenvalue weighted by Gasteiger charge is 2.30. The molecule has 0 bridgehead atoms. The first-order chi connectivity index (χ1) is 8.78. The molecule has 0 spiro atoms. The summed E-state index contributed by atoms with van der Waals surface area (Å²) in [6, 6.07) is 1.97. The van der Waals surface area contributed by atoms with Gasteiger partial charge in [-0.1, -0.05) is 19.3 Å². The van der Waals surface area contributed by atoms with Gasteiger partial charge < -0.3 is 5.32 Å². The Morgan fingerprint density at radius 2 is 2.11 bits per heavy atom. The van der Waals surface area contributed by atoms with Crippen molar-refractivity contribution in [3.63, 3.8) is 0 Å². The van der Waals surface area contributed by atoms with Crippen LogP contribution in [-0.2, 0) is 0 Å². The van der Waals surface area contributed by atoms with Gasteiger partial charge >= 0.3 is 0 Å². The summed E-state index contributed by atoms with van der Waals surface area (Å²) in [5.41, 5.74) is 0.359. The predicted octanol–water partition coefficient (Wildman–Crippen LogP) is 2.83. The van der Waals surface area contributed by atoms with Crippen LogP contribution in [0.1, 0.15) is 37.8 Å². The second kappa shape index (κ2) is 6.05. The van der Waals surface area contributed by atoms with Crippen LogP contribution in [0.25, 0.3) is 0 Å². The van der Waals surface area contributed by atoms with Crippen LogP contribution in [-0.4, -0.2) is 27.5 Å². The molecule has 0 atom stereocenters. The van der Waals surface area contributed by atoms with E-state index in [0.717, 1.165) is 12.4 Å². The molecule has 0 amide bonds. The zero-order valence-electron chi connectivity index (χ0n) is 10.6. The number of thioether (sulfide) groups is 1. The topological polar surface area (TPSA) is 61.6 Å². The first kappa shape index (κ1) is 13.2. The maximum absolute atomic E-state index is 8.67. The Labute approximate surface area is 112 Å². The van der Waals surface area contributed by atoms with Crippen LogP contribution in [0.4, 0.5) is 5.82 Å². The molecular weight excluding hydrogens is 244 g/mol. The number of hydrogen-bond donors (Lipinski definition) is 1. The summed E-state index contributed by atoms with van der Waals surface area (Å²) < 4.78 is 0.341. The van der Waals surface area contributed by atoms with Gasteiger partial charge in [0.25, 0.3) is 0 Å². The van der Waals surface area contributed by atoms with E-state index in [9.17, 15) is 0 Å². The molecule has 1 aliphatic carbocycles. The first-order valence-corrected chi connectivity index (χ1v) is 7.52. The minimum absolute atomic E-state index is 0.341. The van der Waals surface area contributed by atoms with Crippen molar-refractivity contribution in [1.29, 1.82) is 5.26 Å². The summed E-state index contributed by atoms with van der Waals surface area (Å²) in [5, 5.41) is 12.0. The maximum Gasteiger partial charge on any atom is 0.158 e. The van der Waals surface area contributed by atoms with Gasteiger partial charge in [-0.2, -0.15) is 17.0 Å². The van der Waals surface area contributed by atoms with Gasteiger partial charge in [0.2, 0.25) is 0 Å². The molecule has 1 fully saturated rings. The molecule has 1 aromatic heterocycles. The highest BCUT2D eigenvalue weighted by Crippen LogP contribution is 2.38. The Bertz CT molecular complexity index is 418. The summed E-state index contributed by atoms with van der Waals surface area (Å²) >= 11 is 1.96. The number of nitrogens with zero attached hydrogens (tertiary/aromatic N) is 3. The predicted molar refractivity (Wildman–Crippen MR) is 74.6 cm³/mol. The SMILES string of the molecule is CSC1(CNc2cnc(C#N)cn2)CCCCC1. The molecule has 18 heavy (non-hydrogen) atoms. The zero-order valence-corrected chi connectivity index (χ0v) is 11.5. The molecule has 0 aromatic carbocycles. The Balaban J connectivity index is 1.94. The second-order valence-corrected chi connectivity index (χ2v) is 5.97. The van der Waals surface area contributed by atoms with Crippen molar-refractivity contribution in [2.45, 2.75) is 36.9 Å². The van der Waals surface area contributed by atoms with E-state index < -0.39 is 0 Å². The number of aromatic nitrogens is 2. The van der Waals surface area contributed by atoms with Crippen molar-refractivity contribution in [1.82, 2.24) is 9.97 Å². The molecule has 1 aromatic rings. The Hall–Kier alpha value is -1.28. The fourth-order valence-electron chi connectivity index (χ4n) is 2.38. The van der Waals surface area contributed by atoms with Crippen LogP contribution in [0.2, 0.25) is 0 Å². The average molecular weight is 262 g/mol. The molecule has 1 saturated carbocycles. The molecule has 1 N–H and O–H groups in total. The number of nitrogens with one attached hydrogen (secondary N) is 1. The molecule has 0 unspecified atom stereocenters. The highest BCUT2D eigenvalue weighted by atomic mass is 32.2. The van der Waals surface area contributed by atoms with Crippen LogP contribution in [0.15, 0.2) is 12.4 Å². The van der Waals surface area contributed by atoms with Crippen molar-refractivity contribution in [2.75, 3.05) is 18.1 Å². The average Bonchev–Trinajstić information content (AvgIpc) is 2.47. The molecule has 0 radical (unpaired) electrons. The standard InChI is InChI=1S/C13H18N4S/c1-18-13(5-3-2-4-6-13)10-17-12-9-15-11(7-14)8-16-12/h8-9H,2-6,10H2,1H3,(H,16,17). The lowest BCUT2D eigenvalue weighted by Crippen LogP contribution is -2.35. The molecule has 2 rings (SSSR count). The van der Waals surface area contributed by atoms with Gasteiger partial charge in [-0.15, -0.1) is 0 Å². The van der Waals surface area contributed by atoms with E-state index in [1.807, 2.05) is 17.8 Å². The molecule has 4 nitrogen and oxygen atoms in total. The highest BCUT2D eigenvalue weighted by molar-refractivity contribution is 8.00. The molecule has 0 aliphatic heterocycles. The molecule has 1 heterocycles. The summed E-state index contributed by atoms with van der Waals surface area (Å²) in [5.74, 6) is 0.757. The summed E-state index contributed by atoms with van der Waals surface area (Å²) in [7, 11) is 0. The lowest BCUT2D eigenvalue weighted by Gasteiger charge is -2.35. The Kier molecular flexibility index (Phi) is 4.43. The van der Waals surface area contributed by atoms with Crippen LogP contribution in [0, 0.1) is 11.3 Å². The summed E-state index contributed by atoms with van der Waals surface area (Å²) in [6.45, 7) is 0.925. The van der Waals surface area contributed by atoms with Crippen molar-refractivity contribution in [2.24, 2.45) is 0 Å². The number of anilines is 1. The van der Waals surface area contributed by atoms with Crippen LogP contribution in [0.5, 0.6) is 0 Å². The van der Waals surface area contributed by atoms with Gasteiger partial charge in [0.15, 0.2) is 5.69 Å². The lowest BCUT2D eigenvalue weighted by atomic mass is 9.88. The Morgan fingerprint density at radius 3 is 2.67 bits per heavy atom. The molecule has 1 aliphatic rings. The van der Waals surface area contributed by atoms with Crippen molar-refractivity contribution in [3.05, 3.63) is 18.1 Å². The number of hydrogen-bond acceptors (Lipinski definition) is 5. The number of nitriles is 1. The smallest absolute Gasteiger partial charge is 0.158 e. The van der Waals surface area contributed by atoms with Gasteiger partial charge in [0, 0.05) is 11.3 Å². The van der Waals surface area contributed by atoms with E-state index in [0.29, 0.717) is 10.4 Å². The third-order valence-electron chi connectivity index (χ3n) is 3.56. The van der Waals surface area contributed by atoms with Crippen LogP contribution in [0.3, 0.4) is 0 Å². The van der Waals surface area contributed by atoms with Gasteiger partial charge in [-0.05, 0) is 19.1 Å². The molecule has 0 saturated heterocycles. The fourth-order valence-corrected chi connectivity index (χ4v) is 3.29. The van der Waals surface area contributed by atoms with Gasteiger partial charge in [-0.25, -0.2) is 9.97 Å². The van der Waals surface area contributed by atoms with Crippen LogP contribution >= 0.6 is 11.8 Å². The van der Waals surface area contributed by atoms with E-state index in [4.69, 9.17) is 5.26 Å². The third kappa shape index (κ3) is 3.14. The van der Waals surface area contributed by atoms with Gasteiger partial charge in [-0.3, -0.25) is 0 Å². The largest absolute Gasteiger partial charge is 0.367 e. The number of rotatable bonds is 4. The zero-order chi connectivity index (χ0) is 12.8. The summed E-state index contributed by atoms with van der Waals surface area (Å²) in [6.07, 6.45) is 11.9. The van der Waals surface area contributed by atoms with E-state index in [2.05, 4.69) is 21.5 Å². The quantitative estimate of drug-likeness (QED) is 0.904. The summed E-state index contributed by atoms with van der Waals surface area (Å²) in [4.78, 5) is 8.21. The minimum Gasteiger partial charge on any atom is -0.367 e. The maximum atomic E-state index is 8.67. The minimum atomic E-state index is 0.341. The van der Waals surface area contributed by atoms with Crippen molar-refractivity contribution in [3.8, 4) is 6.07 Å². The van der Waals surface area contributed by atoms with Gasteiger partial charge in [0.1, 0.15) is 11.9 Å². The van der Waals surface area contributed by atoms with E-state index in [1.165, 1.54) is 38.3 Å². The first-order valence-electron chi connectivity index (χ1n) is 6.29. The molecular formula is C13H18N4S. The Morgan fingerprint density at radius 1 is 1.33 bits per heavy atom. The monoisotopic (exact) mass is 262 g/mol. The fraction of sp³-hybridized carbons (Fsp3) is 0.615.